The Balaban J connectivity index is 1.70. The molecule has 0 spiro atoms. The Morgan fingerprint density at radius 3 is 2.70 bits per heavy atom. The normalized spacial score (nSPS) is 16.9. The monoisotopic (exact) mass is 373 g/mol. The van der Waals surface area contributed by atoms with Gasteiger partial charge in [0.2, 0.25) is 11.6 Å². The van der Waals surface area contributed by atoms with Crippen LogP contribution in [0.1, 0.15) is 11.1 Å². The number of fused-ring (bicyclic) bond motifs is 1. The summed E-state index contributed by atoms with van der Waals surface area (Å²) >= 11 is 0. The fourth-order valence-corrected chi connectivity index (χ4v) is 2.70. The molecule has 4 rings (SSSR count). The number of halogens is 2. The Labute approximate surface area is 152 Å². The largest absolute Gasteiger partial charge is 0.493 e. The number of ether oxygens (including phenoxy) is 4. The van der Waals surface area contributed by atoms with Gasteiger partial charge in [-0.3, -0.25) is 0 Å². The van der Waals surface area contributed by atoms with Gasteiger partial charge in [-0.05, 0) is 42.0 Å². The number of benzene rings is 2. The molecule has 0 amide bonds. The highest BCUT2D eigenvalue weighted by molar-refractivity contribution is 6.12. The van der Waals surface area contributed by atoms with Crippen molar-refractivity contribution in [3.8, 4) is 17.2 Å². The van der Waals surface area contributed by atoms with Gasteiger partial charge in [0.15, 0.2) is 28.8 Å². The van der Waals surface area contributed by atoms with Crippen molar-refractivity contribution in [1.29, 1.82) is 0 Å². The fraction of sp³-hybridized carbons (Fsp3) is 0.158. The van der Waals surface area contributed by atoms with Gasteiger partial charge in [-0.15, -0.1) is 0 Å². The van der Waals surface area contributed by atoms with Gasteiger partial charge >= 0.3 is 5.97 Å². The van der Waals surface area contributed by atoms with E-state index in [-0.39, 0.29) is 17.2 Å². The number of hydrogen-bond acceptors (Lipinski definition) is 6. The van der Waals surface area contributed by atoms with Crippen LogP contribution in [-0.4, -0.2) is 32.2 Å². The number of carbonyl (C=O) groups is 1. The van der Waals surface area contributed by atoms with E-state index < -0.39 is 17.6 Å². The summed E-state index contributed by atoms with van der Waals surface area (Å²) in [6.45, 7) is 0.814. The molecule has 2 aromatic rings. The molecule has 8 heteroatoms. The first-order valence-electron chi connectivity index (χ1n) is 8.01. The number of rotatable bonds is 3. The average Bonchev–Trinajstić information content (AvgIpc) is 3.03. The maximum absolute atomic E-state index is 13.4. The minimum Gasteiger partial charge on any atom is -0.493 e. The molecular formula is C19H13F2NO5. The number of aliphatic imine (C=N–C) groups is 1. The summed E-state index contributed by atoms with van der Waals surface area (Å²) in [5, 5.41) is 0. The molecule has 0 N–H and O–H groups in total. The lowest BCUT2D eigenvalue weighted by molar-refractivity contribution is -0.129. The van der Waals surface area contributed by atoms with E-state index in [1.165, 1.54) is 19.3 Å². The van der Waals surface area contributed by atoms with Crippen LogP contribution >= 0.6 is 0 Å². The Morgan fingerprint density at radius 1 is 1.11 bits per heavy atom. The van der Waals surface area contributed by atoms with Gasteiger partial charge in [-0.2, -0.15) is 0 Å². The standard InChI is InChI=1S/C19H13F2NO5/c1-24-15-7-10(8-16-17(15)26-5-4-25-16)6-14-19(23)27-18(22-14)11-2-3-12(20)13(21)9-11/h2-3,6-9H,4-5H2,1H3. The van der Waals surface area contributed by atoms with Crippen LogP contribution < -0.4 is 14.2 Å². The van der Waals surface area contributed by atoms with Crippen molar-refractivity contribution < 1.29 is 32.5 Å². The average molecular weight is 373 g/mol. The molecule has 2 heterocycles. The lowest BCUT2D eigenvalue weighted by Crippen LogP contribution is -2.16. The summed E-state index contributed by atoms with van der Waals surface area (Å²) in [6, 6.07) is 6.48. The number of carbonyl (C=O) groups excluding carboxylic acids is 1. The lowest BCUT2D eigenvalue weighted by atomic mass is 10.1. The molecule has 138 valence electrons. The number of methoxy groups -OCH3 is 1. The third-order valence-electron chi connectivity index (χ3n) is 3.94. The highest BCUT2D eigenvalue weighted by Crippen LogP contribution is 2.41. The Kier molecular flexibility index (Phi) is 4.23. The van der Waals surface area contributed by atoms with Gasteiger partial charge < -0.3 is 18.9 Å². The third-order valence-corrected chi connectivity index (χ3v) is 3.94. The number of nitrogens with zero attached hydrogens (tertiary/aromatic N) is 1. The molecule has 0 atom stereocenters. The number of hydrogen-bond donors (Lipinski definition) is 0. The Hall–Kier alpha value is -3.42. The minimum atomic E-state index is -1.06. The van der Waals surface area contributed by atoms with Gasteiger partial charge in [0.05, 0.1) is 7.11 Å². The summed E-state index contributed by atoms with van der Waals surface area (Å²) in [5.41, 5.74) is 0.747. The smallest absolute Gasteiger partial charge is 0.363 e. The second-order valence-corrected chi connectivity index (χ2v) is 5.71. The molecule has 0 bridgehead atoms. The van der Waals surface area contributed by atoms with Crippen LogP contribution in [0.3, 0.4) is 0 Å². The van der Waals surface area contributed by atoms with Crippen molar-refractivity contribution in [2.45, 2.75) is 0 Å². The van der Waals surface area contributed by atoms with Crippen LogP contribution in [0.25, 0.3) is 6.08 Å². The fourth-order valence-electron chi connectivity index (χ4n) is 2.70. The number of esters is 1. The van der Waals surface area contributed by atoms with Gasteiger partial charge in [0, 0.05) is 5.56 Å². The van der Waals surface area contributed by atoms with E-state index in [0.717, 1.165) is 12.1 Å². The summed E-state index contributed by atoms with van der Waals surface area (Å²) in [4.78, 5) is 16.2. The molecule has 0 aliphatic carbocycles. The maximum Gasteiger partial charge on any atom is 0.363 e. The van der Waals surface area contributed by atoms with Crippen molar-refractivity contribution in [3.05, 3.63) is 58.8 Å². The van der Waals surface area contributed by atoms with Gasteiger partial charge in [0.1, 0.15) is 13.2 Å². The van der Waals surface area contributed by atoms with E-state index in [0.29, 0.717) is 36.0 Å². The zero-order chi connectivity index (χ0) is 19.0. The predicted octanol–water partition coefficient (Wildman–Crippen LogP) is 3.09. The first kappa shape index (κ1) is 17.0. The topological polar surface area (TPSA) is 66.4 Å². The molecule has 0 saturated heterocycles. The van der Waals surface area contributed by atoms with Crippen molar-refractivity contribution in [3.63, 3.8) is 0 Å². The van der Waals surface area contributed by atoms with Crippen LogP contribution in [0.15, 0.2) is 41.0 Å². The molecule has 0 aromatic heterocycles. The zero-order valence-electron chi connectivity index (χ0n) is 14.1. The molecule has 2 aliphatic heterocycles. The van der Waals surface area contributed by atoms with Gasteiger partial charge in [0.25, 0.3) is 0 Å². The summed E-state index contributed by atoms with van der Waals surface area (Å²) in [6.07, 6.45) is 1.48. The van der Waals surface area contributed by atoms with Gasteiger partial charge in [-0.25, -0.2) is 18.6 Å². The van der Waals surface area contributed by atoms with E-state index in [1.807, 2.05) is 0 Å². The number of cyclic esters (lactones) is 1. The second kappa shape index (κ2) is 6.71. The van der Waals surface area contributed by atoms with Crippen molar-refractivity contribution in [2.75, 3.05) is 20.3 Å². The van der Waals surface area contributed by atoms with E-state index in [2.05, 4.69) is 4.99 Å². The predicted molar refractivity (Wildman–Crippen MR) is 90.9 cm³/mol. The van der Waals surface area contributed by atoms with Crippen LogP contribution in [0.5, 0.6) is 17.2 Å². The summed E-state index contributed by atoms with van der Waals surface area (Å²) < 4.78 is 47.9. The van der Waals surface area contributed by atoms with E-state index >= 15 is 0 Å². The Bertz CT molecular complexity index is 983. The molecule has 27 heavy (non-hydrogen) atoms. The molecule has 2 aromatic carbocycles. The summed E-state index contributed by atoms with van der Waals surface area (Å²) in [5.74, 6) is -1.42. The van der Waals surface area contributed by atoms with Crippen molar-refractivity contribution in [2.24, 2.45) is 4.99 Å². The molecule has 6 nitrogen and oxygen atoms in total. The van der Waals surface area contributed by atoms with Gasteiger partial charge in [-0.1, -0.05) is 0 Å². The van der Waals surface area contributed by atoms with Crippen LogP contribution in [0.4, 0.5) is 8.78 Å². The minimum absolute atomic E-state index is 0.00784. The third kappa shape index (κ3) is 3.21. The van der Waals surface area contributed by atoms with E-state index in [1.54, 1.807) is 12.1 Å². The maximum atomic E-state index is 13.4. The Morgan fingerprint density at radius 2 is 1.93 bits per heavy atom. The van der Waals surface area contributed by atoms with E-state index in [4.69, 9.17) is 18.9 Å². The van der Waals surface area contributed by atoms with Crippen molar-refractivity contribution in [1.82, 2.24) is 0 Å². The first-order valence-corrected chi connectivity index (χ1v) is 8.01. The molecule has 0 radical (unpaired) electrons. The lowest BCUT2D eigenvalue weighted by Gasteiger charge is -2.20. The molecule has 0 fully saturated rings. The molecular weight excluding hydrogens is 360 g/mol. The van der Waals surface area contributed by atoms with Crippen LogP contribution in [0, 0.1) is 11.6 Å². The zero-order valence-corrected chi connectivity index (χ0v) is 14.1. The molecule has 2 aliphatic rings. The van der Waals surface area contributed by atoms with E-state index in [9.17, 15) is 13.6 Å². The van der Waals surface area contributed by atoms with Crippen LogP contribution in [-0.2, 0) is 9.53 Å². The highest BCUT2D eigenvalue weighted by Gasteiger charge is 2.26. The molecule has 0 unspecified atom stereocenters. The quantitative estimate of drug-likeness (QED) is 0.611. The second-order valence-electron chi connectivity index (χ2n) is 5.71. The van der Waals surface area contributed by atoms with Crippen LogP contribution in [0.2, 0.25) is 0 Å². The summed E-state index contributed by atoms with van der Waals surface area (Å²) in [7, 11) is 1.49. The first-order chi connectivity index (χ1) is 13.0. The van der Waals surface area contributed by atoms with Crippen molar-refractivity contribution >= 4 is 17.9 Å². The SMILES string of the molecule is COc1cc(C=C2N=C(c3ccc(F)c(F)c3)OC2=O)cc2c1OCCO2. The highest BCUT2D eigenvalue weighted by atomic mass is 19.2. The molecule has 0 saturated carbocycles.